The van der Waals surface area contributed by atoms with Crippen LogP contribution < -0.4 is 25.6 Å². The molecule has 0 bridgehead atoms. The number of hydrogen-bond acceptors (Lipinski definition) is 7. The fourth-order valence-corrected chi connectivity index (χ4v) is 5.32. The summed E-state index contributed by atoms with van der Waals surface area (Å²) in [6.45, 7) is 7.90. The van der Waals surface area contributed by atoms with Crippen LogP contribution in [0.2, 0.25) is 0 Å². The number of nitrogens with zero attached hydrogens (tertiary/aromatic N) is 2. The first-order valence-electron chi connectivity index (χ1n) is 11.0. The number of anilines is 2. The molecule has 0 aliphatic carbocycles. The minimum absolute atomic E-state index is 0.0261. The van der Waals surface area contributed by atoms with Crippen LogP contribution in [-0.2, 0) is 6.42 Å². The van der Waals surface area contributed by atoms with Gasteiger partial charge in [-0.15, -0.1) is 11.3 Å². The number of pyridine rings is 1. The van der Waals surface area contributed by atoms with Gasteiger partial charge >= 0.3 is 0 Å². The number of nitrogens with one attached hydrogen (secondary N) is 3. The molecule has 1 unspecified atom stereocenters. The number of carbonyl (C=O) groups is 1. The monoisotopic (exact) mass is 453 g/mol. The lowest BCUT2D eigenvalue weighted by Crippen LogP contribution is -2.43. The van der Waals surface area contributed by atoms with Crippen molar-refractivity contribution < 1.29 is 9.53 Å². The maximum atomic E-state index is 13.1. The average molecular weight is 454 g/mol. The molecule has 32 heavy (non-hydrogen) atoms. The molecule has 0 saturated carbocycles. The molecule has 3 aromatic rings. The minimum Gasteiger partial charge on any atom is -0.495 e. The van der Waals surface area contributed by atoms with Gasteiger partial charge in [0, 0.05) is 50.3 Å². The van der Waals surface area contributed by atoms with Crippen molar-refractivity contribution >= 4 is 38.8 Å². The number of ether oxygens (including phenoxy) is 1. The molecule has 0 radical (unpaired) electrons. The summed E-state index contributed by atoms with van der Waals surface area (Å²) in [6.07, 6.45) is 0.723. The van der Waals surface area contributed by atoms with Gasteiger partial charge in [-0.25, -0.2) is 4.98 Å². The molecule has 8 heteroatoms. The molecular weight excluding hydrogens is 422 g/mol. The van der Waals surface area contributed by atoms with Crippen molar-refractivity contribution in [2.75, 3.05) is 50.6 Å². The Hall–Kier alpha value is -2.84. The van der Waals surface area contributed by atoms with Crippen LogP contribution in [0.1, 0.15) is 27.9 Å². The topological polar surface area (TPSA) is 78.5 Å². The molecule has 1 aliphatic heterocycles. The summed E-state index contributed by atoms with van der Waals surface area (Å²) in [6, 6.07) is 10.3. The Morgan fingerprint density at radius 3 is 2.78 bits per heavy atom. The number of aryl methyl sites for hydroxylation is 1. The van der Waals surface area contributed by atoms with Crippen LogP contribution in [0, 0.1) is 6.92 Å². The van der Waals surface area contributed by atoms with E-state index in [0.29, 0.717) is 4.88 Å². The Balaban J connectivity index is 1.47. The third-order valence-corrected chi connectivity index (χ3v) is 6.87. The van der Waals surface area contributed by atoms with E-state index in [2.05, 4.69) is 44.0 Å². The van der Waals surface area contributed by atoms with Gasteiger partial charge < -0.3 is 25.6 Å². The standard InChI is InChI=1S/C24H31N5O2S/c1-15-5-7-18-21(25-3)22(32-24(18)28-15)23(30)27-16(2)13-17-6-8-19(20(14-17)31-4)29-11-9-26-10-12-29/h5-8,14,16,25-26H,9-13H2,1-4H3,(H,27,30). The predicted molar refractivity (Wildman–Crippen MR) is 133 cm³/mol. The zero-order chi connectivity index (χ0) is 22.7. The van der Waals surface area contributed by atoms with Crippen molar-refractivity contribution in [2.24, 2.45) is 0 Å². The van der Waals surface area contributed by atoms with Gasteiger partial charge in [0.25, 0.3) is 5.91 Å². The number of rotatable bonds is 7. The average Bonchev–Trinajstić information content (AvgIpc) is 3.17. The van der Waals surface area contributed by atoms with Gasteiger partial charge in [-0.3, -0.25) is 4.79 Å². The van der Waals surface area contributed by atoms with E-state index in [1.807, 2.05) is 33.0 Å². The molecule has 7 nitrogen and oxygen atoms in total. The van der Waals surface area contributed by atoms with Crippen molar-refractivity contribution in [3.8, 4) is 5.75 Å². The summed E-state index contributed by atoms with van der Waals surface area (Å²) >= 11 is 1.43. The number of methoxy groups -OCH3 is 1. The van der Waals surface area contributed by atoms with Gasteiger partial charge in [-0.05, 0) is 50.1 Å². The van der Waals surface area contributed by atoms with E-state index in [0.717, 1.165) is 71.2 Å². The summed E-state index contributed by atoms with van der Waals surface area (Å²) in [5, 5.41) is 10.7. The van der Waals surface area contributed by atoms with E-state index in [4.69, 9.17) is 4.74 Å². The third kappa shape index (κ3) is 4.66. The van der Waals surface area contributed by atoms with Gasteiger partial charge in [0.2, 0.25) is 0 Å². The fourth-order valence-electron chi connectivity index (χ4n) is 4.19. The fraction of sp³-hybridized carbons (Fsp3) is 0.417. The molecule has 3 N–H and O–H groups in total. The number of fused-ring (bicyclic) bond motifs is 1. The number of amides is 1. The third-order valence-electron chi connectivity index (χ3n) is 5.77. The van der Waals surface area contributed by atoms with Gasteiger partial charge in [0.1, 0.15) is 15.5 Å². The lowest BCUT2D eigenvalue weighted by atomic mass is 10.1. The Morgan fingerprint density at radius 2 is 2.06 bits per heavy atom. The molecular formula is C24H31N5O2S. The maximum absolute atomic E-state index is 13.1. The second kappa shape index (κ2) is 9.75. The summed E-state index contributed by atoms with van der Waals surface area (Å²) in [5.74, 6) is 0.804. The molecule has 0 spiro atoms. The molecule has 1 aliphatic rings. The lowest BCUT2D eigenvalue weighted by Gasteiger charge is -2.30. The molecule has 2 aromatic heterocycles. The Labute approximate surface area is 193 Å². The van der Waals surface area contributed by atoms with Crippen LogP contribution in [0.25, 0.3) is 10.2 Å². The smallest absolute Gasteiger partial charge is 0.263 e. The largest absolute Gasteiger partial charge is 0.495 e. The van der Waals surface area contributed by atoms with Crippen molar-refractivity contribution in [1.29, 1.82) is 0 Å². The van der Waals surface area contributed by atoms with Crippen LogP contribution >= 0.6 is 11.3 Å². The van der Waals surface area contributed by atoms with E-state index in [9.17, 15) is 4.79 Å². The summed E-state index contributed by atoms with van der Waals surface area (Å²) in [4.78, 5) is 21.5. The van der Waals surface area contributed by atoms with Gasteiger partial charge in [0.05, 0.1) is 18.5 Å². The normalized spacial score (nSPS) is 14.9. The minimum atomic E-state index is -0.0769. The van der Waals surface area contributed by atoms with E-state index in [1.54, 1.807) is 7.11 Å². The number of benzene rings is 1. The molecule has 1 amide bonds. The van der Waals surface area contributed by atoms with Crippen LogP contribution in [0.3, 0.4) is 0 Å². The zero-order valence-corrected chi connectivity index (χ0v) is 19.9. The first-order valence-corrected chi connectivity index (χ1v) is 11.8. The zero-order valence-electron chi connectivity index (χ0n) is 19.1. The van der Waals surface area contributed by atoms with Crippen molar-refractivity contribution in [1.82, 2.24) is 15.6 Å². The lowest BCUT2D eigenvalue weighted by molar-refractivity contribution is 0.0945. The van der Waals surface area contributed by atoms with E-state index in [1.165, 1.54) is 11.3 Å². The molecule has 1 atom stereocenters. The molecule has 1 aromatic carbocycles. The van der Waals surface area contributed by atoms with Crippen molar-refractivity contribution in [3.05, 3.63) is 46.5 Å². The number of carbonyl (C=O) groups excluding carboxylic acids is 1. The van der Waals surface area contributed by atoms with Crippen LogP contribution in [0.4, 0.5) is 11.4 Å². The number of thiophene rings is 1. The Kier molecular flexibility index (Phi) is 6.81. The van der Waals surface area contributed by atoms with Crippen LogP contribution in [0.15, 0.2) is 30.3 Å². The Bertz CT molecular complexity index is 1110. The summed E-state index contributed by atoms with van der Waals surface area (Å²) in [7, 11) is 3.56. The maximum Gasteiger partial charge on any atom is 0.263 e. The second-order valence-corrected chi connectivity index (χ2v) is 9.18. The summed E-state index contributed by atoms with van der Waals surface area (Å²) < 4.78 is 5.68. The second-order valence-electron chi connectivity index (χ2n) is 8.18. The highest BCUT2D eigenvalue weighted by Gasteiger charge is 2.21. The molecule has 170 valence electrons. The van der Waals surface area contributed by atoms with Crippen molar-refractivity contribution in [3.63, 3.8) is 0 Å². The molecule has 1 fully saturated rings. The predicted octanol–water partition coefficient (Wildman–Crippen LogP) is 3.43. The first-order chi connectivity index (χ1) is 15.5. The SMILES string of the molecule is CNc1c(C(=O)NC(C)Cc2ccc(N3CCNCC3)c(OC)c2)sc2nc(C)ccc12. The highest BCUT2D eigenvalue weighted by Crippen LogP contribution is 2.35. The summed E-state index contributed by atoms with van der Waals surface area (Å²) in [5.41, 5.74) is 4.04. The highest BCUT2D eigenvalue weighted by atomic mass is 32.1. The Morgan fingerprint density at radius 1 is 1.28 bits per heavy atom. The quantitative estimate of drug-likeness (QED) is 0.509. The van der Waals surface area contributed by atoms with E-state index < -0.39 is 0 Å². The molecule has 1 saturated heterocycles. The van der Waals surface area contributed by atoms with Crippen molar-refractivity contribution in [2.45, 2.75) is 26.3 Å². The number of aromatic nitrogens is 1. The van der Waals surface area contributed by atoms with Gasteiger partial charge in [0.15, 0.2) is 0 Å². The molecule has 4 rings (SSSR count). The highest BCUT2D eigenvalue weighted by molar-refractivity contribution is 7.21. The van der Waals surface area contributed by atoms with Crippen LogP contribution in [0.5, 0.6) is 5.75 Å². The number of hydrogen-bond donors (Lipinski definition) is 3. The van der Waals surface area contributed by atoms with E-state index in [-0.39, 0.29) is 11.9 Å². The first kappa shape index (κ1) is 22.4. The van der Waals surface area contributed by atoms with E-state index >= 15 is 0 Å². The molecule has 3 heterocycles. The van der Waals surface area contributed by atoms with Crippen LogP contribution in [-0.4, -0.2) is 57.3 Å². The van der Waals surface area contributed by atoms with Gasteiger partial charge in [-0.1, -0.05) is 6.07 Å². The number of piperazine rings is 1. The van der Waals surface area contributed by atoms with Gasteiger partial charge in [-0.2, -0.15) is 0 Å².